The van der Waals surface area contributed by atoms with Crippen LogP contribution >= 0.6 is 0 Å². The average molecular weight is 324 g/mol. The van der Waals surface area contributed by atoms with Crippen molar-refractivity contribution in [3.63, 3.8) is 0 Å². The summed E-state index contributed by atoms with van der Waals surface area (Å²) in [6.45, 7) is 2.70. The normalized spacial score (nSPS) is 22.9. The zero-order valence-corrected chi connectivity index (χ0v) is 13.8. The van der Waals surface area contributed by atoms with Gasteiger partial charge < -0.3 is 9.64 Å². The van der Waals surface area contributed by atoms with E-state index in [1.807, 2.05) is 18.2 Å². The zero-order chi connectivity index (χ0) is 15.6. The van der Waals surface area contributed by atoms with Crippen molar-refractivity contribution < 1.29 is 13.2 Å². The van der Waals surface area contributed by atoms with Crippen molar-refractivity contribution in [2.45, 2.75) is 31.1 Å². The molecule has 22 heavy (non-hydrogen) atoms. The molecule has 2 aliphatic rings. The molecule has 3 rings (SSSR count). The lowest BCUT2D eigenvalue weighted by atomic mass is 10.1. The number of nitrogens with one attached hydrogen (secondary N) is 1. The average Bonchev–Trinajstić information content (AvgIpc) is 3.24. The van der Waals surface area contributed by atoms with Crippen LogP contribution in [0.3, 0.4) is 0 Å². The van der Waals surface area contributed by atoms with E-state index in [0.717, 1.165) is 31.1 Å². The van der Waals surface area contributed by atoms with E-state index in [-0.39, 0.29) is 5.75 Å². The van der Waals surface area contributed by atoms with Crippen molar-refractivity contribution >= 4 is 10.0 Å². The second-order valence-corrected chi connectivity index (χ2v) is 8.15. The molecule has 1 atom stereocenters. The number of ether oxygens (including phenoxy) is 1. The van der Waals surface area contributed by atoms with E-state index in [2.05, 4.69) is 9.62 Å². The summed E-state index contributed by atoms with van der Waals surface area (Å²) < 4.78 is 32.3. The highest BCUT2D eigenvalue weighted by molar-refractivity contribution is 7.88. The van der Waals surface area contributed by atoms with E-state index in [1.54, 1.807) is 13.2 Å². The van der Waals surface area contributed by atoms with Crippen molar-refractivity contribution in [1.29, 1.82) is 0 Å². The fraction of sp³-hybridized carbons (Fsp3) is 0.625. The monoisotopic (exact) mass is 324 g/mol. The highest BCUT2D eigenvalue weighted by atomic mass is 32.2. The number of hydrogen-bond donors (Lipinski definition) is 1. The molecular weight excluding hydrogens is 300 g/mol. The number of likely N-dealkylation sites (tertiary alicyclic amines) is 1. The minimum absolute atomic E-state index is 0.00323. The Morgan fingerprint density at radius 2 is 2.14 bits per heavy atom. The first-order valence-corrected chi connectivity index (χ1v) is 9.55. The maximum Gasteiger partial charge on any atom is 0.215 e. The minimum atomic E-state index is -3.29. The number of methoxy groups -OCH3 is 1. The molecule has 0 radical (unpaired) electrons. The molecule has 1 saturated heterocycles. The van der Waals surface area contributed by atoms with Crippen molar-refractivity contribution in [2.75, 3.05) is 26.7 Å². The molecule has 1 saturated carbocycles. The van der Waals surface area contributed by atoms with E-state index in [0.29, 0.717) is 18.2 Å². The van der Waals surface area contributed by atoms with Gasteiger partial charge in [0.05, 0.1) is 12.9 Å². The van der Waals surface area contributed by atoms with E-state index < -0.39 is 10.0 Å². The van der Waals surface area contributed by atoms with Crippen LogP contribution in [0.4, 0.5) is 0 Å². The van der Waals surface area contributed by atoms with Crippen molar-refractivity contribution in [3.05, 3.63) is 29.8 Å². The molecule has 1 heterocycles. The molecule has 1 N–H and O–H groups in total. The number of sulfonamides is 1. The zero-order valence-electron chi connectivity index (χ0n) is 13.0. The van der Waals surface area contributed by atoms with Gasteiger partial charge in [0.2, 0.25) is 10.0 Å². The predicted octanol–water partition coefficient (Wildman–Crippen LogP) is 1.60. The highest BCUT2D eigenvalue weighted by Gasteiger charge is 2.34. The van der Waals surface area contributed by atoms with Crippen LogP contribution in [0.25, 0.3) is 0 Å². The molecule has 0 spiro atoms. The molecule has 5 nitrogen and oxygen atoms in total. The first-order chi connectivity index (χ1) is 10.6. The smallest absolute Gasteiger partial charge is 0.215 e. The third-order valence-corrected chi connectivity index (χ3v) is 5.78. The second kappa shape index (κ2) is 6.56. The fourth-order valence-electron chi connectivity index (χ4n) is 3.08. The standard InChI is InChI=1S/C16H24N2O3S/c1-21-16-4-2-3-13(9-16)12-22(19,20)17-10-14-7-8-18(11-14)15-5-6-15/h2-4,9,14-15,17H,5-8,10-12H2,1H3. The second-order valence-electron chi connectivity index (χ2n) is 6.34. The molecule has 6 heteroatoms. The van der Waals surface area contributed by atoms with Crippen molar-refractivity contribution in [3.8, 4) is 5.75 Å². The summed E-state index contributed by atoms with van der Waals surface area (Å²) in [5, 5.41) is 0. The van der Waals surface area contributed by atoms with E-state index in [4.69, 9.17) is 4.74 Å². The summed E-state index contributed by atoms with van der Waals surface area (Å²) in [4.78, 5) is 2.50. The van der Waals surface area contributed by atoms with E-state index in [9.17, 15) is 8.42 Å². The number of nitrogens with zero attached hydrogens (tertiary/aromatic N) is 1. The first kappa shape index (κ1) is 15.8. The topological polar surface area (TPSA) is 58.6 Å². The van der Waals surface area contributed by atoms with Gasteiger partial charge in [-0.2, -0.15) is 0 Å². The van der Waals surface area contributed by atoms with Crippen molar-refractivity contribution in [1.82, 2.24) is 9.62 Å². The predicted molar refractivity (Wildman–Crippen MR) is 86.3 cm³/mol. The minimum Gasteiger partial charge on any atom is -0.497 e. The lowest BCUT2D eigenvalue weighted by molar-refractivity contribution is 0.314. The molecule has 0 amide bonds. The number of hydrogen-bond acceptors (Lipinski definition) is 4. The molecular formula is C16H24N2O3S. The lowest BCUT2D eigenvalue weighted by Gasteiger charge is -2.15. The van der Waals surface area contributed by atoms with Crippen LogP contribution in [0.1, 0.15) is 24.8 Å². The van der Waals surface area contributed by atoms with Gasteiger partial charge in [-0.3, -0.25) is 0 Å². The van der Waals surface area contributed by atoms with Crippen LogP contribution in [0.2, 0.25) is 0 Å². The van der Waals surface area contributed by atoms with Gasteiger partial charge in [0, 0.05) is 19.1 Å². The Morgan fingerprint density at radius 1 is 1.32 bits per heavy atom. The number of rotatable bonds is 7. The van der Waals surface area contributed by atoms with Crippen LogP contribution in [0.5, 0.6) is 5.75 Å². The SMILES string of the molecule is COc1cccc(CS(=O)(=O)NCC2CCN(C3CC3)C2)c1. The van der Waals surface area contributed by atoms with Crippen LogP contribution in [-0.4, -0.2) is 46.1 Å². The molecule has 1 aliphatic heterocycles. The van der Waals surface area contributed by atoms with Crippen LogP contribution in [0.15, 0.2) is 24.3 Å². The van der Waals surface area contributed by atoms with Gasteiger partial charge in [0.15, 0.2) is 0 Å². The molecule has 1 aliphatic carbocycles. The molecule has 1 aromatic rings. The van der Waals surface area contributed by atoms with Gasteiger partial charge in [-0.25, -0.2) is 13.1 Å². The molecule has 0 aromatic heterocycles. The summed E-state index contributed by atoms with van der Waals surface area (Å²) in [5.41, 5.74) is 0.748. The van der Waals surface area contributed by atoms with Gasteiger partial charge in [0.25, 0.3) is 0 Å². The van der Waals surface area contributed by atoms with Gasteiger partial charge in [-0.15, -0.1) is 0 Å². The third kappa shape index (κ3) is 4.21. The van der Waals surface area contributed by atoms with Gasteiger partial charge in [-0.1, -0.05) is 12.1 Å². The van der Waals surface area contributed by atoms with E-state index in [1.165, 1.54) is 12.8 Å². The molecule has 1 aromatic carbocycles. The maximum absolute atomic E-state index is 12.2. The van der Waals surface area contributed by atoms with Gasteiger partial charge in [-0.05, 0) is 49.4 Å². The van der Waals surface area contributed by atoms with Crippen LogP contribution in [-0.2, 0) is 15.8 Å². The van der Waals surface area contributed by atoms with Crippen LogP contribution in [0, 0.1) is 5.92 Å². The Bertz CT molecular complexity index is 614. The molecule has 2 fully saturated rings. The van der Waals surface area contributed by atoms with Gasteiger partial charge in [0.1, 0.15) is 5.75 Å². The Morgan fingerprint density at radius 3 is 2.86 bits per heavy atom. The summed E-state index contributed by atoms with van der Waals surface area (Å²) >= 11 is 0. The molecule has 122 valence electrons. The Labute approximate surface area is 132 Å². The summed E-state index contributed by atoms with van der Waals surface area (Å²) in [7, 11) is -1.71. The van der Waals surface area contributed by atoms with Gasteiger partial charge >= 0.3 is 0 Å². The molecule has 1 unspecified atom stereocenters. The summed E-state index contributed by atoms with van der Waals surface area (Å²) in [6.07, 6.45) is 3.72. The van der Waals surface area contributed by atoms with Crippen LogP contribution < -0.4 is 9.46 Å². The highest BCUT2D eigenvalue weighted by Crippen LogP contribution is 2.31. The largest absolute Gasteiger partial charge is 0.497 e. The Hall–Kier alpha value is -1.11. The summed E-state index contributed by atoms with van der Waals surface area (Å²) in [6, 6.07) is 7.98. The molecule has 0 bridgehead atoms. The Balaban J connectivity index is 1.50. The van der Waals surface area contributed by atoms with Crippen molar-refractivity contribution in [2.24, 2.45) is 5.92 Å². The third-order valence-electron chi connectivity index (χ3n) is 4.46. The quantitative estimate of drug-likeness (QED) is 0.828. The number of benzene rings is 1. The Kier molecular flexibility index (Phi) is 4.70. The maximum atomic E-state index is 12.2. The first-order valence-electron chi connectivity index (χ1n) is 7.90. The van der Waals surface area contributed by atoms with E-state index >= 15 is 0 Å². The lowest BCUT2D eigenvalue weighted by Crippen LogP contribution is -2.32. The summed E-state index contributed by atoms with van der Waals surface area (Å²) in [5.74, 6) is 1.13. The fourth-order valence-corrected chi connectivity index (χ4v) is 4.29.